The van der Waals surface area contributed by atoms with Gasteiger partial charge in [-0.05, 0) is 42.7 Å². The van der Waals surface area contributed by atoms with E-state index in [2.05, 4.69) is 31.3 Å². The summed E-state index contributed by atoms with van der Waals surface area (Å²) in [5.74, 6) is 0.502. The number of fused-ring (bicyclic) bond motifs is 2. The molecule has 2 fully saturated rings. The van der Waals surface area contributed by atoms with E-state index in [-0.39, 0.29) is 28.9 Å². The molecule has 2 atom stereocenters. The maximum Gasteiger partial charge on any atom is 0.314 e. The van der Waals surface area contributed by atoms with E-state index >= 15 is 0 Å². The second-order valence-electron chi connectivity index (χ2n) is 7.97. The van der Waals surface area contributed by atoms with E-state index in [0.29, 0.717) is 11.7 Å². The Kier molecular flexibility index (Phi) is 4.84. The van der Waals surface area contributed by atoms with Gasteiger partial charge < -0.3 is 9.47 Å². The minimum atomic E-state index is -0.575. The van der Waals surface area contributed by atoms with Crippen LogP contribution < -0.4 is 14.9 Å². The molecule has 0 spiro atoms. The van der Waals surface area contributed by atoms with Gasteiger partial charge in [0.25, 0.3) is 5.91 Å². The number of ether oxygens (including phenoxy) is 2. The molecular weight excluding hydrogens is 350 g/mol. The van der Waals surface area contributed by atoms with Gasteiger partial charge in [-0.2, -0.15) is 5.10 Å². The summed E-state index contributed by atoms with van der Waals surface area (Å²) in [5, 5.41) is 15.5. The van der Waals surface area contributed by atoms with Gasteiger partial charge in [-0.15, -0.1) is 0 Å². The first-order chi connectivity index (χ1) is 12.7. The Morgan fingerprint density at radius 1 is 1.41 bits per heavy atom. The normalized spacial score (nSPS) is 26.8. The molecule has 8 heteroatoms. The van der Waals surface area contributed by atoms with Gasteiger partial charge in [0.2, 0.25) is 0 Å². The average Bonchev–Trinajstić information content (AvgIpc) is 2.97. The first-order valence-electron chi connectivity index (χ1n) is 9.00. The van der Waals surface area contributed by atoms with Crippen LogP contribution in [0.25, 0.3) is 0 Å². The molecule has 27 heavy (non-hydrogen) atoms. The summed E-state index contributed by atoms with van der Waals surface area (Å²) in [6.07, 6.45) is 3.17. The molecule has 3 rings (SSSR count). The summed E-state index contributed by atoms with van der Waals surface area (Å²) >= 11 is 0. The van der Waals surface area contributed by atoms with Crippen molar-refractivity contribution in [3.8, 4) is 11.5 Å². The van der Waals surface area contributed by atoms with Gasteiger partial charge in [-0.3, -0.25) is 14.9 Å². The summed E-state index contributed by atoms with van der Waals surface area (Å²) in [7, 11) is 1.42. The number of hydrogen-bond donors (Lipinski definition) is 1. The second kappa shape index (κ2) is 6.83. The molecule has 2 aliphatic rings. The van der Waals surface area contributed by atoms with Gasteiger partial charge in [0.05, 0.1) is 18.1 Å². The minimum absolute atomic E-state index is 0.000569. The van der Waals surface area contributed by atoms with Crippen molar-refractivity contribution in [3.05, 3.63) is 28.3 Å². The fourth-order valence-corrected chi connectivity index (χ4v) is 4.29. The van der Waals surface area contributed by atoms with E-state index in [1.165, 1.54) is 25.7 Å². The van der Waals surface area contributed by atoms with Crippen molar-refractivity contribution < 1.29 is 19.2 Å². The topological polar surface area (TPSA) is 103 Å². The first kappa shape index (κ1) is 19.1. The van der Waals surface area contributed by atoms with E-state index in [1.807, 2.05) is 0 Å². The van der Waals surface area contributed by atoms with Crippen molar-refractivity contribution in [1.29, 1.82) is 0 Å². The number of nitro groups is 1. The smallest absolute Gasteiger partial charge is 0.314 e. The van der Waals surface area contributed by atoms with E-state index in [9.17, 15) is 14.9 Å². The van der Waals surface area contributed by atoms with Gasteiger partial charge in [0.15, 0.2) is 12.4 Å². The molecule has 146 valence electrons. The second-order valence-corrected chi connectivity index (χ2v) is 7.97. The number of nitro benzene ring substituents is 1. The molecule has 1 amide bonds. The van der Waals surface area contributed by atoms with E-state index in [0.717, 1.165) is 18.6 Å². The highest BCUT2D eigenvalue weighted by Gasteiger charge is 2.60. The number of nitrogens with one attached hydrogen (secondary N) is 1. The molecule has 2 aliphatic carbocycles. The summed E-state index contributed by atoms with van der Waals surface area (Å²) in [5.41, 5.74) is 3.49. The van der Waals surface area contributed by atoms with Crippen LogP contribution in [0.1, 0.15) is 40.0 Å². The number of hydrazone groups is 1. The van der Waals surface area contributed by atoms with Crippen molar-refractivity contribution in [1.82, 2.24) is 5.43 Å². The zero-order valence-corrected chi connectivity index (χ0v) is 16.1. The first-order valence-corrected chi connectivity index (χ1v) is 9.00. The molecule has 1 N–H and O–H groups in total. The Morgan fingerprint density at radius 3 is 2.70 bits per heavy atom. The Bertz CT molecular complexity index is 805. The fourth-order valence-electron chi connectivity index (χ4n) is 4.29. The molecule has 1 aromatic rings. The molecule has 0 heterocycles. The zero-order valence-electron chi connectivity index (χ0n) is 16.1. The summed E-state index contributed by atoms with van der Waals surface area (Å²) in [4.78, 5) is 22.7. The number of carbonyl (C=O) groups excluding carboxylic acids is 1. The van der Waals surface area contributed by atoms with Crippen LogP contribution >= 0.6 is 0 Å². The summed E-state index contributed by atoms with van der Waals surface area (Å²) in [6.45, 7) is 6.39. The number of methoxy groups -OCH3 is 1. The lowest BCUT2D eigenvalue weighted by Gasteiger charge is -2.34. The predicted octanol–water partition coefficient (Wildman–Crippen LogP) is 3.30. The zero-order chi connectivity index (χ0) is 19.8. The molecule has 0 saturated heterocycles. The van der Waals surface area contributed by atoms with Crippen LogP contribution in [0.15, 0.2) is 23.3 Å². The lowest BCUT2D eigenvalue weighted by Crippen LogP contribution is -2.35. The fraction of sp³-hybridized carbons (Fsp3) is 0.579. The number of nitrogens with zero attached hydrogens (tertiary/aromatic N) is 2. The number of hydrogen-bond acceptors (Lipinski definition) is 6. The number of carbonyl (C=O) groups is 1. The highest BCUT2D eigenvalue weighted by molar-refractivity contribution is 5.95. The highest BCUT2D eigenvalue weighted by Crippen LogP contribution is 2.63. The third kappa shape index (κ3) is 3.24. The lowest BCUT2D eigenvalue weighted by molar-refractivity contribution is -0.385. The number of amides is 1. The van der Waals surface area contributed by atoms with Crippen LogP contribution in [0.3, 0.4) is 0 Å². The van der Waals surface area contributed by atoms with Crippen molar-refractivity contribution in [2.75, 3.05) is 13.7 Å². The van der Waals surface area contributed by atoms with Crippen LogP contribution in [-0.4, -0.2) is 30.3 Å². The van der Waals surface area contributed by atoms with Gasteiger partial charge in [0.1, 0.15) is 5.75 Å². The van der Waals surface area contributed by atoms with Crippen LogP contribution in [0, 0.1) is 26.9 Å². The van der Waals surface area contributed by atoms with E-state index in [1.54, 1.807) is 6.07 Å². The van der Waals surface area contributed by atoms with Gasteiger partial charge in [-0.25, -0.2) is 5.43 Å². The molecule has 2 saturated carbocycles. The number of benzene rings is 1. The SMILES string of the molecule is COc1ccc(OCC(=O)N/N=C2/C[C@@H]3CC[C@]2(C)C3(C)C)c([N+](=O)[O-])c1. The molecule has 1 aromatic carbocycles. The van der Waals surface area contributed by atoms with Crippen LogP contribution in [0.5, 0.6) is 11.5 Å². The maximum atomic E-state index is 12.1. The largest absolute Gasteiger partial charge is 0.496 e. The molecule has 0 aliphatic heterocycles. The Morgan fingerprint density at radius 2 is 2.15 bits per heavy atom. The van der Waals surface area contributed by atoms with E-state index < -0.39 is 10.8 Å². The third-order valence-corrected chi connectivity index (χ3v) is 6.55. The van der Waals surface area contributed by atoms with Crippen LogP contribution in [0.4, 0.5) is 5.69 Å². The van der Waals surface area contributed by atoms with Crippen molar-refractivity contribution in [2.45, 2.75) is 40.0 Å². The van der Waals surface area contributed by atoms with Crippen LogP contribution in [-0.2, 0) is 4.79 Å². The van der Waals surface area contributed by atoms with Crippen molar-refractivity contribution in [2.24, 2.45) is 21.8 Å². The molecule has 8 nitrogen and oxygen atoms in total. The van der Waals surface area contributed by atoms with Gasteiger partial charge in [0, 0.05) is 11.1 Å². The van der Waals surface area contributed by atoms with Crippen molar-refractivity contribution >= 4 is 17.3 Å². The van der Waals surface area contributed by atoms with E-state index in [4.69, 9.17) is 9.47 Å². The molecule has 0 unspecified atom stereocenters. The Balaban J connectivity index is 1.62. The Hall–Kier alpha value is -2.64. The predicted molar refractivity (Wildman–Crippen MR) is 100.0 cm³/mol. The molecule has 0 radical (unpaired) electrons. The summed E-state index contributed by atoms with van der Waals surface area (Å²) < 4.78 is 10.3. The van der Waals surface area contributed by atoms with Crippen LogP contribution in [0.2, 0.25) is 0 Å². The Labute approximate surface area is 158 Å². The average molecular weight is 375 g/mol. The van der Waals surface area contributed by atoms with Crippen molar-refractivity contribution in [3.63, 3.8) is 0 Å². The molecule has 2 bridgehead atoms. The standard InChI is InChI=1S/C19H25N3O5/c1-18(2)12-7-8-19(18,3)16(9-12)20-21-17(23)11-27-15-6-5-13(26-4)10-14(15)22(24)25/h5-6,10,12H,7-9,11H2,1-4H3,(H,21,23)/b20-16-/t12-,19-/m0/s1. The lowest BCUT2D eigenvalue weighted by atomic mass is 9.70. The summed E-state index contributed by atoms with van der Waals surface area (Å²) in [6, 6.07) is 4.21. The van der Waals surface area contributed by atoms with Gasteiger partial charge >= 0.3 is 5.69 Å². The minimum Gasteiger partial charge on any atom is -0.496 e. The van der Waals surface area contributed by atoms with Gasteiger partial charge in [-0.1, -0.05) is 20.8 Å². The third-order valence-electron chi connectivity index (χ3n) is 6.55. The number of rotatable bonds is 6. The molecular formula is C19H25N3O5. The molecule has 0 aromatic heterocycles. The maximum absolute atomic E-state index is 12.1. The monoisotopic (exact) mass is 375 g/mol. The highest BCUT2D eigenvalue weighted by atomic mass is 16.6. The quantitative estimate of drug-likeness (QED) is 0.607.